The van der Waals surface area contributed by atoms with Crippen LogP contribution in [0.2, 0.25) is 0 Å². The number of nitrogens with zero attached hydrogens (tertiary/aromatic N) is 2. The standard InChI is InChI=1S/C17H13F3N2/c18-17(19,20)16-8-6-13(7-9-16)11-22-12-15(10-21-22)14-4-2-1-3-5-14/h1-10,12H,11H2. The van der Waals surface area contributed by atoms with Gasteiger partial charge >= 0.3 is 6.18 Å². The molecule has 0 aliphatic carbocycles. The maximum Gasteiger partial charge on any atom is 0.416 e. The summed E-state index contributed by atoms with van der Waals surface area (Å²) >= 11 is 0. The molecule has 0 fully saturated rings. The average Bonchev–Trinajstić information content (AvgIpc) is 2.96. The van der Waals surface area contributed by atoms with Crippen LogP contribution in [0.4, 0.5) is 13.2 Å². The molecule has 0 radical (unpaired) electrons. The fraction of sp³-hybridized carbons (Fsp3) is 0.118. The summed E-state index contributed by atoms with van der Waals surface area (Å²) in [5, 5.41) is 4.25. The minimum atomic E-state index is -4.30. The summed E-state index contributed by atoms with van der Waals surface area (Å²) in [6.07, 6.45) is -0.670. The molecule has 1 heterocycles. The summed E-state index contributed by atoms with van der Waals surface area (Å²) in [7, 11) is 0. The number of alkyl halides is 3. The first kappa shape index (κ1) is 14.4. The summed E-state index contributed by atoms with van der Waals surface area (Å²) in [6.45, 7) is 0.435. The lowest BCUT2D eigenvalue weighted by Crippen LogP contribution is -2.05. The molecule has 0 aliphatic heterocycles. The van der Waals surface area contributed by atoms with E-state index in [2.05, 4.69) is 5.10 Å². The van der Waals surface area contributed by atoms with Gasteiger partial charge in [0.05, 0.1) is 18.3 Å². The number of hydrogen-bond acceptors (Lipinski definition) is 1. The highest BCUT2D eigenvalue weighted by molar-refractivity contribution is 5.61. The molecule has 0 unspecified atom stereocenters. The lowest BCUT2D eigenvalue weighted by Gasteiger charge is -2.07. The van der Waals surface area contributed by atoms with Crippen molar-refractivity contribution in [2.45, 2.75) is 12.7 Å². The number of aromatic nitrogens is 2. The zero-order chi connectivity index (χ0) is 15.6. The van der Waals surface area contributed by atoms with Crippen LogP contribution in [-0.2, 0) is 12.7 Å². The SMILES string of the molecule is FC(F)(F)c1ccc(Cn2cc(-c3ccccc3)cn2)cc1. The normalized spacial score (nSPS) is 11.6. The molecule has 112 valence electrons. The summed E-state index contributed by atoms with van der Waals surface area (Å²) in [6, 6.07) is 15.0. The number of hydrogen-bond donors (Lipinski definition) is 0. The van der Waals surface area contributed by atoms with Gasteiger partial charge in [0.1, 0.15) is 0 Å². The van der Waals surface area contributed by atoms with Crippen molar-refractivity contribution in [1.82, 2.24) is 9.78 Å². The summed E-state index contributed by atoms with van der Waals surface area (Å²) in [4.78, 5) is 0. The predicted octanol–water partition coefficient (Wildman–Crippen LogP) is 4.62. The fourth-order valence-corrected chi connectivity index (χ4v) is 2.22. The topological polar surface area (TPSA) is 17.8 Å². The largest absolute Gasteiger partial charge is 0.416 e. The van der Waals surface area contributed by atoms with E-state index in [4.69, 9.17) is 0 Å². The van der Waals surface area contributed by atoms with Crippen molar-refractivity contribution in [1.29, 1.82) is 0 Å². The van der Waals surface area contributed by atoms with E-state index < -0.39 is 11.7 Å². The third-order valence-electron chi connectivity index (χ3n) is 3.37. The Morgan fingerprint density at radius 2 is 1.55 bits per heavy atom. The number of halogens is 3. The second-order valence-electron chi connectivity index (χ2n) is 4.99. The molecule has 2 nitrogen and oxygen atoms in total. The Labute approximate surface area is 125 Å². The number of benzene rings is 2. The highest BCUT2D eigenvalue weighted by atomic mass is 19.4. The molecule has 0 atom stereocenters. The molecular formula is C17H13F3N2. The maximum absolute atomic E-state index is 12.5. The quantitative estimate of drug-likeness (QED) is 0.690. The zero-order valence-corrected chi connectivity index (χ0v) is 11.6. The van der Waals surface area contributed by atoms with Gasteiger partial charge in [0.15, 0.2) is 0 Å². The molecule has 1 aromatic heterocycles. The molecule has 0 bridgehead atoms. The second kappa shape index (κ2) is 5.67. The van der Waals surface area contributed by atoms with Crippen LogP contribution in [0.3, 0.4) is 0 Å². The molecule has 0 saturated carbocycles. The first-order valence-corrected chi connectivity index (χ1v) is 6.76. The van der Waals surface area contributed by atoms with Crippen molar-refractivity contribution >= 4 is 0 Å². The third kappa shape index (κ3) is 3.19. The third-order valence-corrected chi connectivity index (χ3v) is 3.37. The molecule has 3 aromatic rings. The van der Waals surface area contributed by atoms with Crippen LogP contribution in [0.25, 0.3) is 11.1 Å². The second-order valence-corrected chi connectivity index (χ2v) is 4.99. The van der Waals surface area contributed by atoms with Gasteiger partial charge in [-0.2, -0.15) is 18.3 Å². The smallest absolute Gasteiger partial charge is 0.268 e. The van der Waals surface area contributed by atoms with Crippen LogP contribution in [0.1, 0.15) is 11.1 Å². The van der Waals surface area contributed by atoms with Crippen LogP contribution in [0.15, 0.2) is 67.0 Å². The monoisotopic (exact) mass is 302 g/mol. The maximum atomic E-state index is 12.5. The van der Waals surface area contributed by atoms with Gasteiger partial charge in [-0.1, -0.05) is 42.5 Å². The highest BCUT2D eigenvalue weighted by Crippen LogP contribution is 2.29. The van der Waals surface area contributed by atoms with E-state index in [9.17, 15) is 13.2 Å². The van der Waals surface area contributed by atoms with Crippen molar-refractivity contribution in [2.75, 3.05) is 0 Å². The molecule has 0 saturated heterocycles. The average molecular weight is 302 g/mol. The van der Waals surface area contributed by atoms with Crippen molar-refractivity contribution in [3.05, 3.63) is 78.1 Å². The van der Waals surface area contributed by atoms with Crippen LogP contribution in [-0.4, -0.2) is 9.78 Å². The van der Waals surface area contributed by atoms with Gasteiger partial charge in [-0.15, -0.1) is 0 Å². The Morgan fingerprint density at radius 3 is 2.18 bits per heavy atom. The van der Waals surface area contributed by atoms with E-state index >= 15 is 0 Å². The Morgan fingerprint density at radius 1 is 0.864 bits per heavy atom. The van der Waals surface area contributed by atoms with E-state index in [-0.39, 0.29) is 0 Å². The van der Waals surface area contributed by atoms with Crippen molar-refractivity contribution < 1.29 is 13.2 Å². The van der Waals surface area contributed by atoms with E-state index in [1.807, 2.05) is 36.5 Å². The van der Waals surface area contributed by atoms with E-state index in [1.54, 1.807) is 10.9 Å². The van der Waals surface area contributed by atoms with Crippen molar-refractivity contribution in [2.24, 2.45) is 0 Å². The highest BCUT2D eigenvalue weighted by Gasteiger charge is 2.29. The van der Waals surface area contributed by atoms with Gasteiger partial charge in [0, 0.05) is 11.8 Å². The van der Waals surface area contributed by atoms with Crippen LogP contribution in [0, 0.1) is 0 Å². The van der Waals surface area contributed by atoms with Crippen LogP contribution < -0.4 is 0 Å². The lowest BCUT2D eigenvalue weighted by atomic mass is 10.1. The van der Waals surface area contributed by atoms with Gasteiger partial charge in [-0.05, 0) is 23.3 Å². The molecule has 22 heavy (non-hydrogen) atoms. The van der Waals surface area contributed by atoms with Gasteiger partial charge in [0.2, 0.25) is 0 Å². The summed E-state index contributed by atoms with van der Waals surface area (Å²) in [5.41, 5.74) is 2.17. The minimum Gasteiger partial charge on any atom is -0.268 e. The molecule has 5 heteroatoms. The zero-order valence-electron chi connectivity index (χ0n) is 11.6. The fourth-order valence-electron chi connectivity index (χ4n) is 2.22. The van der Waals surface area contributed by atoms with E-state index in [0.29, 0.717) is 6.54 Å². The predicted molar refractivity (Wildman–Crippen MR) is 78.2 cm³/mol. The van der Waals surface area contributed by atoms with Gasteiger partial charge in [-0.25, -0.2) is 0 Å². The lowest BCUT2D eigenvalue weighted by molar-refractivity contribution is -0.137. The molecule has 0 N–H and O–H groups in total. The Bertz CT molecular complexity index is 744. The van der Waals surface area contributed by atoms with Gasteiger partial charge in [-0.3, -0.25) is 4.68 Å². The molecule has 0 spiro atoms. The first-order valence-electron chi connectivity index (χ1n) is 6.76. The van der Waals surface area contributed by atoms with Crippen LogP contribution >= 0.6 is 0 Å². The molecule has 3 rings (SSSR count). The molecular weight excluding hydrogens is 289 g/mol. The summed E-state index contributed by atoms with van der Waals surface area (Å²) < 4.78 is 39.3. The van der Waals surface area contributed by atoms with Crippen molar-refractivity contribution in [3.8, 4) is 11.1 Å². The van der Waals surface area contributed by atoms with Gasteiger partial charge < -0.3 is 0 Å². The molecule has 0 amide bonds. The van der Waals surface area contributed by atoms with E-state index in [1.165, 1.54) is 12.1 Å². The van der Waals surface area contributed by atoms with Crippen molar-refractivity contribution in [3.63, 3.8) is 0 Å². The van der Waals surface area contributed by atoms with Crippen LogP contribution in [0.5, 0.6) is 0 Å². The Hall–Kier alpha value is -2.56. The molecule has 2 aromatic carbocycles. The molecule has 0 aliphatic rings. The minimum absolute atomic E-state index is 0.435. The Balaban J connectivity index is 1.76. The number of rotatable bonds is 3. The first-order chi connectivity index (χ1) is 10.5. The van der Waals surface area contributed by atoms with E-state index in [0.717, 1.165) is 28.8 Å². The Kier molecular flexibility index (Phi) is 3.71. The summed E-state index contributed by atoms with van der Waals surface area (Å²) in [5.74, 6) is 0. The van der Waals surface area contributed by atoms with Gasteiger partial charge in [0.25, 0.3) is 0 Å².